The van der Waals surface area contributed by atoms with E-state index in [1.807, 2.05) is 43.3 Å². The minimum Gasteiger partial charge on any atom is -0.493 e. The molecule has 75 heavy (non-hydrogen) atoms. The third-order valence-corrected chi connectivity index (χ3v) is 17.5. The van der Waals surface area contributed by atoms with Gasteiger partial charge in [0.05, 0.1) is 64.4 Å². The lowest BCUT2D eigenvalue weighted by Gasteiger charge is -2.43. The van der Waals surface area contributed by atoms with Gasteiger partial charge in [-0.1, -0.05) is 138 Å². The third-order valence-electron chi connectivity index (χ3n) is 12.2. The third kappa shape index (κ3) is 19.1. The highest BCUT2D eigenvalue weighted by Gasteiger charge is 2.51. The van der Waals surface area contributed by atoms with Gasteiger partial charge in [-0.25, -0.2) is 3.63 Å². The molecule has 4 rings (SSSR count). The maximum absolute atomic E-state index is 16.1. The summed E-state index contributed by atoms with van der Waals surface area (Å²) in [6.07, 6.45) is 14.5. The molecule has 0 saturated heterocycles. The normalized spacial score (nSPS) is 11.8. The summed E-state index contributed by atoms with van der Waals surface area (Å²) >= 11 is 0. The van der Waals surface area contributed by atoms with Crippen LogP contribution >= 0.6 is 10.3 Å². The van der Waals surface area contributed by atoms with Crippen LogP contribution in [-0.4, -0.2) is 67.9 Å². The van der Waals surface area contributed by atoms with E-state index in [4.69, 9.17) is 46.3 Å². The minimum absolute atomic E-state index is 0.0470. The summed E-state index contributed by atoms with van der Waals surface area (Å²) in [7, 11) is -8.79. The van der Waals surface area contributed by atoms with Crippen molar-refractivity contribution in [1.82, 2.24) is 0 Å². The van der Waals surface area contributed by atoms with E-state index in [1.165, 1.54) is 0 Å². The second-order valence-corrected chi connectivity index (χ2v) is 23.2. The quantitative estimate of drug-likeness (QED) is 0.0392. The van der Waals surface area contributed by atoms with Crippen LogP contribution in [-0.2, 0) is 13.7 Å². The number of unbranched alkanes of at least 4 members (excludes halogenated alkanes) is 9. The largest absolute Gasteiger partial charge is 0.493 e. The average molecular weight is 1080 g/mol. The summed E-state index contributed by atoms with van der Waals surface area (Å²) in [5.41, 5.74) is 0.887. The Morgan fingerprint density at radius 1 is 0.320 bits per heavy atom. The van der Waals surface area contributed by atoms with Crippen LogP contribution in [0.1, 0.15) is 183 Å². The van der Waals surface area contributed by atoms with Gasteiger partial charge in [0, 0.05) is 36.4 Å². The van der Waals surface area contributed by atoms with E-state index < -0.39 is 20.4 Å². The molecule has 0 heterocycles. The highest BCUT2D eigenvalue weighted by molar-refractivity contribution is 8.33. The molecule has 0 saturated carbocycles. The fourth-order valence-electron chi connectivity index (χ4n) is 7.65. The Morgan fingerprint density at radius 2 is 0.533 bits per heavy atom. The average Bonchev–Trinajstić information content (AvgIpc) is 3.39. The first-order chi connectivity index (χ1) is 36.5. The Labute approximate surface area is 454 Å². The predicted octanol–water partition coefficient (Wildman–Crippen LogP) is 17.2. The number of ether oxygens (including phenoxy) is 9. The van der Waals surface area contributed by atoms with Crippen LogP contribution in [0.15, 0.2) is 80.2 Å². The summed E-state index contributed by atoms with van der Waals surface area (Å²) in [6, 6.07) is 17.8. The standard InChI is InChI=1S/C61H94O12S2/c1-11-20-33-64-49-42-53(67-36-23-14-4)59(54(43-49)68-37-24-15-5)74(73-75(62,63)52-31-29-48(10)30-32-52,60-55(69-38-25-16-6)44-50(65-34-21-12-2)45-56(60)70-39-26-17-7)61-57(71-40-27-18-8)46-51(66-35-22-13-3)47-58(61)72-41-28-19-9/h29-32,42-47H,11-28,33-41H2,1-10H3. The second kappa shape index (κ2) is 34.9. The smallest absolute Gasteiger partial charge is 0.307 e. The minimum atomic E-state index is -4.80. The highest BCUT2D eigenvalue weighted by Crippen LogP contribution is 2.81. The van der Waals surface area contributed by atoms with Crippen LogP contribution in [0, 0.1) is 6.92 Å². The molecular weight excluding hydrogens is 989 g/mol. The van der Waals surface area contributed by atoms with Gasteiger partial charge >= 0.3 is 10.1 Å². The van der Waals surface area contributed by atoms with Gasteiger partial charge < -0.3 is 42.6 Å². The van der Waals surface area contributed by atoms with Crippen molar-refractivity contribution in [3.05, 3.63) is 66.2 Å². The molecule has 0 spiro atoms. The van der Waals surface area contributed by atoms with Crippen LogP contribution in [0.4, 0.5) is 0 Å². The van der Waals surface area contributed by atoms with E-state index in [1.54, 1.807) is 24.3 Å². The zero-order chi connectivity index (χ0) is 54.3. The Balaban J connectivity index is 2.56. The van der Waals surface area contributed by atoms with Crippen LogP contribution in [0.25, 0.3) is 0 Å². The molecule has 0 aliphatic heterocycles. The Hall–Kier alpha value is -4.66. The summed E-state index contributed by atoms with van der Waals surface area (Å²) in [5, 5.41) is 0. The van der Waals surface area contributed by atoms with E-state index in [9.17, 15) is 0 Å². The van der Waals surface area contributed by atoms with Crippen LogP contribution in [0.5, 0.6) is 51.7 Å². The molecule has 14 heteroatoms. The fraction of sp³-hybridized carbons (Fsp3) is 0.607. The first-order valence-electron chi connectivity index (χ1n) is 28.6. The number of rotatable bonds is 42. The Morgan fingerprint density at radius 3 is 0.747 bits per heavy atom. The van der Waals surface area contributed by atoms with Gasteiger partial charge in [-0.15, -0.1) is 0 Å². The Kier molecular flexibility index (Phi) is 29.3. The van der Waals surface area contributed by atoms with Crippen molar-refractivity contribution >= 4 is 20.4 Å². The van der Waals surface area contributed by atoms with Crippen molar-refractivity contribution in [2.45, 2.75) is 204 Å². The van der Waals surface area contributed by atoms with E-state index in [-0.39, 0.29) is 4.90 Å². The van der Waals surface area contributed by atoms with Crippen molar-refractivity contribution in [2.24, 2.45) is 0 Å². The molecule has 0 aliphatic carbocycles. The van der Waals surface area contributed by atoms with Gasteiger partial charge in [-0.3, -0.25) is 0 Å². The maximum Gasteiger partial charge on any atom is 0.307 e. The molecule has 0 atom stereocenters. The summed E-state index contributed by atoms with van der Waals surface area (Å²) in [6.45, 7) is 24.0. The van der Waals surface area contributed by atoms with Crippen molar-refractivity contribution in [1.29, 1.82) is 0 Å². The second-order valence-electron chi connectivity index (χ2n) is 19.0. The molecule has 0 radical (unpaired) electrons. The topological polar surface area (TPSA) is 126 Å². The van der Waals surface area contributed by atoms with Crippen LogP contribution in [0.2, 0.25) is 0 Å². The highest BCUT2D eigenvalue weighted by atomic mass is 32.3. The van der Waals surface area contributed by atoms with Gasteiger partial charge in [0.25, 0.3) is 0 Å². The molecule has 0 aliphatic rings. The summed E-state index contributed by atoms with van der Waals surface area (Å²) in [4.78, 5) is 0.936. The molecule has 0 bridgehead atoms. The lowest BCUT2D eigenvalue weighted by Crippen LogP contribution is -2.21. The molecule has 4 aromatic carbocycles. The molecule has 12 nitrogen and oxygen atoms in total. The molecule has 422 valence electrons. The fourth-order valence-corrected chi connectivity index (χ4v) is 13.3. The van der Waals surface area contributed by atoms with E-state index >= 15 is 8.42 Å². The maximum atomic E-state index is 16.1. The number of benzene rings is 4. The van der Waals surface area contributed by atoms with E-state index in [0.717, 1.165) is 82.6 Å². The monoisotopic (exact) mass is 1080 g/mol. The molecule has 0 amide bonds. The first kappa shape index (κ1) is 62.9. The van der Waals surface area contributed by atoms with Gasteiger partial charge in [-0.2, -0.15) is 8.42 Å². The van der Waals surface area contributed by atoms with Crippen LogP contribution in [0.3, 0.4) is 0 Å². The van der Waals surface area contributed by atoms with Crippen molar-refractivity contribution in [3.8, 4) is 51.7 Å². The Bertz CT molecular complexity index is 2050. The summed E-state index contributed by atoms with van der Waals surface area (Å²) < 4.78 is 102. The van der Waals surface area contributed by atoms with Crippen molar-refractivity contribution < 1.29 is 54.7 Å². The van der Waals surface area contributed by atoms with Crippen molar-refractivity contribution in [2.75, 3.05) is 59.5 Å². The zero-order valence-corrected chi connectivity index (χ0v) is 49.2. The van der Waals surface area contributed by atoms with Gasteiger partial charge in [0.2, 0.25) is 0 Å². The molecule has 0 N–H and O–H groups in total. The first-order valence-corrected chi connectivity index (χ1v) is 31.5. The van der Waals surface area contributed by atoms with E-state index in [2.05, 4.69) is 62.3 Å². The lowest BCUT2D eigenvalue weighted by molar-refractivity contribution is 0.262. The van der Waals surface area contributed by atoms with E-state index in [0.29, 0.717) is 164 Å². The van der Waals surface area contributed by atoms with Gasteiger partial charge in [0.15, 0.2) is 0 Å². The number of hydrogen-bond acceptors (Lipinski definition) is 12. The molecular formula is C61H94O12S2. The zero-order valence-electron chi connectivity index (χ0n) is 47.6. The van der Waals surface area contributed by atoms with Crippen LogP contribution < -0.4 is 42.6 Å². The molecule has 4 aromatic rings. The molecule has 0 fully saturated rings. The summed E-state index contributed by atoms with van der Waals surface area (Å²) in [5.74, 6) is 3.46. The SMILES string of the molecule is CCCCOc1cc(OCCCC)c(S(OS(=O)(=O)c2ccc(C)cc2)(c2c(OCCCC)cc(OCCCC)cc2OCCCC)c2c(OCCCC)cc(OCCCC)cc2OCCCC)c(OCCCC)c1. The molecule has 0 unspecified atom stereocenters. The van der Waals surface area contributed by atoms with Crippen molar-refractivity contribution in [3.63, 3.8) is 0 Å². The molecule has 0 aromatic heterocycles. The number of aryl methyl sites for hydroxylation is 1. The lowest BCUT2D eigenvalue weighted by atomic mass is 10.2. The van der Waals surface area contributed by atoms with Gasteiger partial charge in [0.1, 0.15) is 66.4 Å². The predicted molar refractivity (Wildman–Crippen MR) is 305 cm³/mol. The van der Waals surface area contributed by atoms with Gasteiger partial charge in [-0.05, 0) is 87.2 Å². The number of hydrogen-bond donors (Lipinski definition) is 0.